The molecular formula is C18H28N4O3. The lowest BCUT2D eigenvalue weighted by atomic mass is 10.0. The van der Waals surface area contributed by atoms with Gasteiger partial charge in [0.25, 0.3) is 0 Å². The third kappa shape index (κ3) is 3.81. The van der Waals surface area contributed by atoms with Crippen LogP contribution in [0.15, 0.2) is 4.42 Å². The van der Waals surface area contributed by atoms with Gasteiger partial charge in [-0.1, -0.05) is 0 Å². The molecule has 0 radical (unpaired) electrons. The monoisotopic (exact) mass is 348 g/mol. The van der Waals surface area contributed by atoms with E-state index >= 15 is 0 Å². The molecule has 1 aromatic heterocycles. The smallest absolute Gasteiger partial charge is 0.318 e. The lowest BCUT2D eigenvalue weighted by molar-refractivity contribution is 0.0780. The number of carbonyl (C=O) groups excluding carboxylic acids is 1. The molecule has 2 atom stereocenters. The molecule has 1 aromatic rings. The van der Waals surface area contributed by atoms with Crippen LogP contribution in [0.1, 0.15) is 75.6 Å². The molecule has 3 aliphatic rings. The molecule has 7 nitrogen and oxygen atoms in total. The summed E-state index contributed by atoms with van der Waals surface area (Å²) in [5.41, 5.74) is 0. The summed E-state index contributed by atoms with van der Waals surface area (Å²) in [6.07, 6.45) is 7.31. The van der Waals surface area contributed by atoms with E-state index in [0.717, 1.165) is 51.9 Å². The summed E-state index contributed by atoms with van der Waals surface area (Å²) in [4.78, 5) is 14.6. The zero-order valence-corrected chi connectivity index (χ0v) is 14.9. The Kier molecular flexibility index (Phi) is 4.92. The van der Waals surface area contributed by atoms with E-state index in [9.17, 15) is 4.79 Å². The van der Waals surface area contributed by atoms with E-state index in [1.807, 2.05) is 4.90 Å². The van der Waals surface area contributed by atoms with Gasteiger partial charge in [0.1, 0.15) is 6.04 Å². The van der Waals surface area contributed by atoms with Crippen molar-refractivity contribution in [1.29, 1.82) is 0 Å². The summed E-state index contributed by atoms with van der Waals surface area (Å²) < 4.78 is 11.4. The number of carbonyl (C=O) groups is 1. The molecular weight excluding hydrogens is 320 g/mol. The number of aromatic nitrogens is 2. The normalized spacial score (nSPS) is 26.4. The van der Waals surface area contributed by atoms with Crippen LogP contribution in [0, 0.1) is 5.92 Å². The number of piperidine rings is 1. The fraction of sp³-hybridized carbons (Fsp3) is 0.833. The Hall–Kier alpha value is -1.63. The van der Waals surface area contributed by atoms with Crippen LogP contribution in [-0.2, 0) is 4.74 Å². The van der Waals surface area contributed by atoms with Gasteiger partial charge in [-0.05, 0) is 57.8 Å². The Morgan fingerprint density at radius 2 is 1.88 bits per heavy atom. The first kappa shape index (κ1) is 16.8. The summed E-state index contributed by atoms with van der Waals surface area (Å²) in [5, 5.41) is 11.7. The van der Waals surface area contributed by atoms with Crippen LogP contribution >= 0.6 is 0 Å². The van der Waals surface area contributed by atoms with Crippen LogP contribution in [0.3, 0.4) is 0 Å². The van der Waals surface area contributed by atoms with Gasteiger partial charge in [0.2, 0.25) is 11.8 Å². The molecule has 25 heavy (non-hydrogen) atoms. The first-order valence-electron chi connectivity index (χ1n) is 9.70. The lowest BCUT2D eigenvalue weighted by Gasteiger charge is -2.34. The van der Waals surface area contributed by atoms with Gasteiger partial charge in [0.05, 0.1) is 0 Å². The molecule has 1 aliphatic carbocycles. The van der Waals surface area contributed by atoms with Crippen LogP contribution in [0.4, 0.5) is 4.79 Å². The Bertz CT molecular complexity index is 595. The van der Waals surface area contributed by atoms with E-state index in [1.54, 1.807) is 0 Å². The molecule has 7 heteroatoms. The van der Waals surface area contributed by atoms with Crippen molar-refractivity contribution in [3.8, 4) is 0 Å². The topological polar surface area (TPSA) is 80.5 Å². The van der Waals surface area contributed by atoms with Crippen LogP contribution in [-0.4, -0.2) is 46.9 Å². The summed E-state index contributed by atoms with van der Waals surface area (Å²) >= 11 is 0. The minimum Gasteiger partial charge on any atom is -0.423 e. The fourth-order valence-electron chi connectivity index (χ4n) is 3.91. The molecule has 0 aromatic carbocycles. The van der Waals surface area contributed by atoms with E-state index in [0.29, 0.717) is 17.7 Å². The molecule has 2 amide bonds. The highest BCUT2D eigenvalue weighted by Gasteiger charge is 2.35. The van der Waals surface area contributed by atoms with Gasteiger partial charge in [-0.2, -0.15) is 0 Å². The maximum atomic E-state index is 12.7. The minimum atomic E-state index is -0.0961. The van der Waals surface area contributed by atoms with Gasteiger partial charge in [0.15, 0.2) is 0 Å². The molecule has 1 saturated carbocycles. The van der Waals surface area contributed by atoms with Crippen LogP contribution < -0.4 is 5.32 Å². The molecule has 138 valence electrons. The van der Waals surface area contributed by atoms with Crippen molar-refractivity contribution >= 4 is 6.03 Å². The highest BCUT2D eigenvalue weighted by atomic mass is 16.5. The largest absolute Gasteiger partial charge is 0.423 e. The van der Waals surface area contributed by atoms with Crippen LogP contribution in [0.25, 0.3) is 0 Å². The van der Waals surface area contributed by atoms with E-state index in [1.165, 1.54) is 12.8 Å². The summed E-state index contributed by atoms with van der Waals surface area (Å²) in [6, 6.07) is 0.159. The SMILES string of the molecule is CC(NC(=O)N1CCCCC1c1nnc(C2CCOCC2)o1)C1CC1. The standard InChI is InChI=1S/C18H28N4O3/c1-12(13-5-6-13)19-18(23)22-9-3-2-4-15(22)17-21-20-16(25-17)14-7-10-24-11-8-14/h12-15H,2-11H2,1H3,(H,19,23). The lowest BCUT2D eigenvalue weighted by Crippen LogP contribution is -2.48. The summed E-state index contributed by atoms with van der Waals surface area (Å²) in [6.45, 7) is 4.35. The van der Waals surface area contributed by atoms with Gasteiger partial charge < -0.3 is 19.4 Å². The minimum absolute atomic E-state index is 0.00918. The number of rotatable bonds is 4. The second-order valence-corrected chi connectivity index (χ2v) is 7.65. The quantitative estimate of drug-likeness (QED) is 0.905. The molecule has 3 heterocycles. The van der Waals surface area contributed by atoms with E-state index in [2.05, 4.69) is 22.4 Å². The zero-order valence-electron chi connectivity index (χ0n) is 14.9. The number of likely N-dealkylation sites (tertiary alicyclic amines) is 1. The van der Waals surface area contributed by atoms with E-state index < -0.39 is 0 Å². The number of hydrogen-bond donors (Lipinski definition) is 1. The number of urea groups is 1. The summed E-state index contributed by atoms with van der Waals surface area (Å²) in [7, 11) is 0. The maximum Gasteiger partial charge on any atom is 0.318 e. The second kappa shape index (κ2) is 7.32. The second-order valence-electron chi connectivity index (χ2n) is 7.65. The predicted octanol–water partition coefficient (Wildman–Crippen LogP) is 3.00. The van der Waals surface area contributed by atoms with Gasteiger partial charge in [-0.25, -0.2) is 4.79 Å². The van der Waals surface area contributed by atoms with Crippen molar-refractivity contribution in [3.63, 3.8) is 0 Å². The maximum absolute atomic E-state index is 12.7. The molecule has 4 rings (SSSR count). The number of nitrogens with zero attached hydrogens (tertiary/aromatic N) is 3. The Morgan fingerprint density at radius 1 is 1.12 bits per heavy atom. The van der Waals surface area contributed by atoms with E-state index in [-0.39, 0.29) is 24.0 Å². The average Bonchev–Trinajstić information content (AvgIpc) is 3.39. The van der Waals surface area contributed by atoms with Crippen molar-refractivity contribution in [3.05, 3.63) is 11.8 Å². The zero-order chi connectivity index (χ0) is 17.2. The summed E-state index contributed by atoms with van der Waals surface area (Å²) in [5.74, 6) is 2.23. The van der Waals surface area contributed by atoms with Crippen molar-refractivity contribution in [2.45, 2.75) is 69.9 Å². The number of amides is 2. The third-order valence-electron chi connectivity index (χ3n) is 5.76. The van der Waals surface area contributed by atoms with Crippen molar-refractivity contribution < 1.29 is 13.9 Å². The Morgan fingerprint density at radius 3 is 2.64 bits per heavy atom. The molecule has 0 bridgehead atoms. The van der Waals surface area contributed by atoms with Gasteiger partial charge in [0, 0.05) is 31.7 Å². The average molecular weight is 348 g/mol. The van der Waals surface area contributed by atoms with Gasteiger partial charge >= 0.3 is 6.03 Å². The van der Waals surface area contributed by atoms with Crippen LogP contribution in [0.2, 0.25) is 0 Å². The van der Waals surface area contributed by atoms with Crippen molar-refractivity contribution in [1.82, 2.24) is 20.4 Å². The molecule has 1 N–H and O–H groups in total. The highest BCUT2D eigenvalue weighted by molar-refractivity contribution is 5.75. The van der Waals surface area contributed by atoms with Crippen molar-refractivity contribution in [2.75, 3.05) is 19.8 Å². The van der Waals surface area contributed by atoms with Gasteiger partial charge in [-0.3, -0.25) is 0 Å². The first-order chi connectivity index (χ1) is 12.2. The third-order valence-corrected chi connectivity index (χ3v) is 5.76. The molecule has 3 fully saturated rings. The number of hydrogen-bond acceptors (Lipinski definition) is 5. The van der Waals surface area contributed by atoms with E-state index in [4.69, 9.17) is 9.15 Å². The molecule has 2 saturated heterocycles. The van der Waals surface area contributed by atoms with Gasteiger partial charge in [-0.15, -0.1) is 10.2 Å². The number of nitrogens with one attached hydrogen (secondary N) is 1. The molecule has 2 aliphatic heterocycles. The highest BCUT2D eigenvalue weighted by Crippen LogP contribution is 2.35. The van der Waals surface area contributed by atoms with Crippen molar-refractivity contribution in [2.24, 2.45) is 5.92 Å². The molecule has 2 unspecified atom stereocenters. The Balaban J connectivity index is 1.44. The Labute approximate surface area is 148 Å². The fourth-order valence-corrected chi connectivity index (χ4v) is 3.91. The molecule has 0 spiro atoms. The first-order valence-corrected chi connectivity index (χ1v) is 9.70. The number of ether oxygens (including phenoxy) is 1. The van der Waals surface area contributed by atoms with Crippen LogP contribution in [0.5, 0.6) is 0 Å². The predicted molar refractivity (Wildman–Crippen MR) is 91.1 cm³/mol.